The van der Waals surface area contributed by atoms with Gasteiger partial charge in [-0.3, -0.25) is 9.59 Å². The second kappa shape index (κ2) is 6.32. The van der Waals surface area contributed by atoms with Crippen LogP contribution in [0.2, 0.25) is 0 Å². The number of alkyl halides is 1. The van der Waals surface area contributed by atoms with Crippen LogP contribution in [0, 0.1) is 5.92 Å². The van der Waals surface area contributed by atoms with Crippen molar-refractivity contribution in [2.45, 2.75) is 25.4 Å². The Hall–Kier alpha value is -1.17. The lowest BCUT2D eigenvalue weighted by atomic mass is 10.0. The summed E-state index contributed by atoms with van der Waals surface area (Å²) < 4.78 is 18.0. The molecule has 0 aromatic carbocycles. The Kier molecular flexibility index (Phi) is 4.74. The van der Waals surface area contributed by atoms with Gasteiger partial charge in [0.15, 0.2) is 0 Å². The van der Waals surface area contributed by atoms with Gasteiger partial charge < -0.3 is 14.5 Å². The Morgan fingerprint density at radius 2 is 2.11 bits per heavy atom. The number of likely N-dealkylation sites (tertiary alicyclic amines) is 2. The van der Waals surface area contributed by atoms with Gasteiger partial charge in [0.05, 0.1) is 12.5 Å². The van der Waals surface area contributed by atoms with E-state index in [2.05, 4.69) is 0 Å². The summed E-state index contributed by atoms with van der Waals surface area (Å²) in [5.74, 6) is -0.253. The normalized spacial score (nSPS) is 25.2. The van der Waals surface area contributed by atoms with Gasteiger partial charge in [-0.2, -0.15) is 0 Å². The molecule has 0 radical (unpaired) electrons. The minimum absolute atomic E-state index is 0.000154. The number of amides is 2. The van der Waals surface area contributed by atoms with Gasteiger partial charge in [-0.05, 0) is 12.8 Å². The number of piperidine rings is 1. The Labute approximate surface area is 112 Å². The Bertz CT molecular complexity index is 343. The number of methoxy groups -OCH3 is 1. The zero-order valence-corrected chi connectivity index (χ0v) is 11.3. The number of hydrogen-bond acceptors (Lipinski definition) is 3. The van der Waals surface area contributed by atoms with E-state index >= 15 is 0 Å². The summed E-state index contributed by atoms with van der Waals surface area (Å²) in [7, 11) is 1.59. The van der Waals surface area contributed by atoms with Gasteiger partial charge in [0.2, 0.25) is 11.8 Å². The molecule has 0 spiro atoms. The lowest BCUT2D eigenvalue weighted by molar-refractivity contribution is -0.137. The Morgan fingerprint density at radius 3 is 2.74 bits per heavy atom. The first-order chi connectivity index (χ1) is 9.11. The number of carbonyl (C=O) groups is 2. The standard InChI is InChI=1S/C13H21FN2O3/c1-19-7-6-16-9-10(8-12(16)17)13(18)15-4-2-11(14)3-5-15/h10-11H,2-9H2,1H3. The first-order valence-electron chi connectivity index (χ1n) is 6.81. The molecule has 6 heteroatoms. The molecular weight excluding hydrogens is 251 g/mol. The topological polar surface area (TPSA) is 49.9 Å². The van der Waals surface area contributed by atoms with E-state index in [1.165, 1.54) is 0 Å². The summed E-state index contributed by atoms with van der Waals surface area (Å²) in [6.07, 6.45) is 0.324. The molecule has 0 aromatic heterocycles. The van der Waals surface area contributed by atoms with Crippen LogP contribution < -0.4 is 0 Å². The first kappa shape index (κ1) is 14.2. The molecule has 2 fully saturated rings. The Balaban J connectivity index is 1.85. The minimum Gasteiger partial charge on any atom is -0.383 e. The molecule has 2 amide bonds. The van der Waals surface area contributed by atoms with Crippen molar-refractivity contribution in [2.75, 3.05) is 39.9 Å². The molecule has 108 valence electrons. The number of nitrogens with zero attached hydrogens (tertiary/aromatic N) is 2. The average Bonchev–Trinajstić information content (AvgIpc) is 2.78. The Morgan fingerprint density at radius 1 is 1.42 bits per heavy atom. The molecule has 0 bridgehead atoms. The average molecular weight is 272 g/mol. The van der Waals surface area contributed by atoms with Crippen LogP contribution in [-0.4, -0.2) is 67.7 Å². The quantitative estimate of drug-likeness (QED) is 0.746. The van der Waals surface area contributed by atoms with E-state index < -0.39 is 6.17 Å². The molecule has 1 atom stereocenters. The van der Waals surface area contributed by atoms with E-state index in [1.807, 2.05) is 0 Å². The van der Waals surface area contributed by atoms with Gasteiger partial charge in [0.1, 0.15) is 6.17 Å². The van der Waals surface area contributed by atoms with Gasteiger partial charge in [-0.25, -0.2) is 4.39 Å². The van der Waals surface area contributed by atoms with Crippen molar-refractivity contribution in [1.82, 2.24) is 9.80 Å². The van der Waals surface area contributed by atoms with Gasteiger partial charge in [0.25, 0.3) is 0 Å². The van der Waals surface area contributed by atoms with Crippen LogP contribution in [-0.2, 0) is 14.3 Å². The summed E-state index contributed by atoms with van der Waals surface area (Å²) >= 11 is 0. The second-order valence-electron chi connectivity index (χ2n) is 5.23. The molecular formula is C13H21FN2O3. The van der Waals surface area contributed by atoms with Crippen LogP contribution in [0.3, 0.4) is 0 Å². The molecule has 19 heavy (non-hydrogen) atoms. The van der Waals surface area contributed by atoms with Crippen LogP contribution in [0.4, 0.5) is 4.39 Å². The van der Waals surface area contributed by atoms with Gasteiger partial charge in [-0.1, -0.05) is 0 Å². The van der Waals surface area contributed by atoms with E-state index in [0.717, 1.165) is 0 Å². The lowest BCUT2D eigenvalue weighted by Gasteiger charge is -2.30. The van der Waals surface area contributed by atoms with Gasteiger partial charge in [-0.15, -0.1) is 0 Å². The molecule has 2 heterocycles. The second-order valence-corrected chi connectivity index (χ2v) is 5.23. The third-order valence-corrected chi connectivity index (χ3v) is 3.87. The van der Waals surface area contributed by atoms with Crippen molar-refractivity contribution in [3.63, 3.8) is 0 Å². The highest BCUT2D eigenvalue weighted by molar-refractivity contribution is 5.89. The highest BCUT2D eigenvalue weighted by Gasteiger charge is 2.37. The SMILES string of the molecule is COCCN1CC(C(=O)N2CCC(F)CC2)CC1=O. The predicted octanol–water partition coefficient (Wildman–Crippen LogP) is 0.442. The fourth-order valence-electron chi connectivity index (χ4n) is 2.68. The maximum Gasteiger partial charge on any atom is 0.227 e. The van der Waals surface area contributed by atoms with Crippen molar-refractivity contribution in [1.29, 1.82) is 0 Å². The van der Waals surface area contributed by atoms with Crippen molar-refractivity contribution in [3.05, 3.63) is 0 Å². The summed E-state index contributed by atoms with van der Waals surface area (Å²) in [5.41, 5.74) is 0. The maximum atomic E-state index is 13.0. The fraction of sp³-hybridized carbons (Fsp3) is 0.846. The van der Waals surface area contributed by atoms with E-state index in [-0.39, 0.29) is 24.2 Å². The van der Waals surface area contributed by atoms with Crippen LogP contribution in [0.15, 0.2) is 0 Å². The highest BCUT2D eigenvalue weighted by atomic mass is 19.1. The number of hydrogen-bond donors (Lipinski definition) is 0. The number of ether oxygens (including phenoxy) is 1. The molecule has 0 saturated carbocycles. The van der Waals surface area contributed by atoms with E-state index in [9.17, 15) is 14.0 Å². The van der Waals surface area contributed by atoms with Crippen molar-refractivity contribution in [3.8, 4) is 0 Å². The third-order valence-electron chi connectivity index (χ3n) is 3.87. The van der Waals surface area contributed by atoms with Crippen molar-refractivity contribution < 1.29 is 18.7 Å². The monoisotopic (exact) mass is 272 g/mol. The van der Waals surface area contributed by atoms with E-state index in [1.54, 1.807) is 16.9 Å². The number of rotatable bonds is 4. The summed E-state index contributed by atoms with van der Waals surface area (Å²) in [6, 6.07) is 0. The third kappa shape index (κ3) is 3.43. The summed E-state index contributed by atoms with van der Waals surface area (Å²) in [4.78, 5) is 27.4. The molecule has 5 nitrogen and oxygen atoms in total. The molecule has 1 unspecified atom stereocenters. The van der Waals surface area contributed by atoms with E-state index in [4.69, 9.17) is 4.74 Å². The van der Waals surface area contributed by atoms with E-state index in [0.29, 0.717) is 45.6 Å². The minimum atomic E-state index is -0.785. The van der Waals surface area contributed by atoms with Crippen LogP contribution in [0.1, 0.15) is 19.3 Å². The number of carbonyl (C=O) groups excluding carboxylic acids is 2. The van der Waals surface area contributed by atoms with Crippen molar-refractivity contribution >= 4 is 11.8 Å². The van der Waals surface area contributed by atoms with Gasteiger partial charge in [0, 0.05) is 39.7 Å². The fourth-order valence-corrected chi connectivity index (χ4v) is 2.68. The predicted molar refractivity (Wildman–Crippen MR) is 67.3 cm³/mol. The van der Waals surface area contributed by atoms with Crippen molar-refractivity contribution in [2.24, 2.45) is 5.92 Å². The molecule has 2 rings (SSSR count). The van der Waals surface area contributed by atoms with Crippen LogP contribution in [0.25, 0.3) is 0 Å². The lowest BCUT2D eigenvalue weighted by Crippen LogP contribution is -2.43. The molecule has 2 saturated heterocycles. The largest absolute Gasteiger partial charge is 0.383 e. The number of halogens is 1. The molecule has 0 aromatic rings. The van der Waals surface area contributed by atoms with Crippen LogP contribution in [0.5, 0.6) is 0 Å². The first-order valence-corrected chi connectivity index (χ1v) is 6.81. The smallest absolute Gasteiger partial charge is 0.227 e. The maximum absolute atomic E-state index is 13.0. The molecule has 0 aliphatic carbocycles. The molecule has 2 aliphatic heterocycles. The zero-order chi connectivity index (χ0) is 13.8. The zero-order valence-electron chi connectivity index (χ0n) is 11.3. The summed E-state index contributed by atoms with van der Waals surface area (Å²) in [5, 5.41) is 0. The summed E-state index contributed by atoms with van der Waals surface area (Å²) in [6.45, 7) is 2.44. The van der Waals surface area contributed by atoms with Crippen LogP contribution >= 0.6 is 0 Å². The van der Waals surface area contributed by atoms with Gasteiger partial charge >= 0.3 is 0 Å². The molecule has 2 aliphatic rings. The molecule has 0 N–H and O–H groups in total. The highest BCUT2D eigenvalue weighted by Crippen LogP contribution is 2.22.